The van der Waals surface area contributed by atoms with Gasteiger partial charge in [-0.25, -0.2) is 9.97 Å². The summed E-state index contributed by atoms with van der Waals surface area (Å²) in [5.74, 6) is 1.33. The fourth-order valence-corrected chi connectivity index (χ4v) is 0.978. The standard InChI is InChI=1S/C8H14N4/c1-3-4-12(2)8-6-10-7(9)5-11-8/h5-6H,3-4H2,1-2H3,(H2,9,10). The second-order valence-electron chi connectivity index (χ2n) is 2.72. The van der Waals surface area contributed by atoms with Crippen molar-refractivity contribution in [3.8, 4) is 0 Å². The first kappa shape index (κ1) is 8.77. The van der Waals surface area contributed by atoms with Crippen molar-refractivity contribution in [2.45, 2.75) is 13.3 Å². The Bertz CT molecular complexity index is 231. The summed E-state index contributed by atoms with van der Waals surface area (Å²) in [7, 11) is 1.99. The van der Waals surface area contributed by atoms with Crippen LogP contribution in [0, 0.1) is 0 Å². The molecule has 0 unspecified atom stereocenters. The summed E-state index contributed by atoms with van der Waals surface area (Å²) in [6.07, 6.45) is 4.36. The monoisotopic (exact) mass is 166 g/mol. The average Bonchev–Trinajstić information content (AvgIpc) is 2.06. The maximum Gasteiger partial charge on any atom is 0.146 e. The third kappa shape index (κ3) is 2.08. The maximum absolute atomic E-state index is 5.41. The largest absolute Gasteiger partial charge is 0.382 e. The molecule has 0 bridgehead atoms. The van der Waals surface area contributed by atoms with Gasteiger partial charge in [-0.1, -0.05) is 6.92 Å². The Morgan fingerprint density at radius 3 is 2.67 bits per heavy atom. The summed E-state index contributed by atoms with van der Waals surface area (Å²) in [5.41, 5.74) is 5.41. The van der Waals surface area contributed by atoms with Gasteiger partial charge >= 0.3 is 0 Å². The van der Waals surface area contributed by atoms with Gasteiger partial charge in [0.2, 0.25) is 0 Å². The molecule has 0 aliphatic rings. The van der Waals surface area contributed by atoms with E-state index in [4.69, 9.17) is 5.73 Å². The molecule has 2 N–H and O–H groups in total. The highest BCUT2D eigenvalue weighted by Crippen LogP contribution is 2.06. The van der Waals surface area contributed by atoms with Crippen molar-refractivity contribution in [3.05, 3.63) is 12.4 Å². The second-order valence-corrected chi connectivity index (χ2v) is 2.72. The highest BCUT2D eigenvalue weighted by molar-refractivity contribution is 5.38. The van der Waals surface area contributed by atoms with Crippen LogP contribution in [0.5, 0.6) is 0 Å². The van der Waals surface area contributed by atoms with E-state index in [2.05, 4.69) is 16.9 Å². The molecule has 1 aromatic rings. The van der Waals surface area contributed by atoms with Gasteiger partial charge in [-0.3, -0.25) is 0 Å². The van der Waals surface area contributed by atoms with E-state index in [-0.39, 0.29) is 0 Å². The SMILES string of the molecule is CCCN(C)c1cnc(N)cn1. The molecule has 0 amide bonds. The zero-order chi connectivity index (χ0) is 8.97. The summed E-state index contributed by atoms with van der Waals surface area (Å²) >= 11 is 0. The van der Waals surface area contributed by atoms with Crippen molar-refractivity contribution < 1.29 is 0 Å². The number of hydrogen-bond donors (Lipinski definition) is 1. The molecule has 0 aliphatic carbocycles. The van der Waals surface area contributed by atoms with E-state index in [0.29, 0.717) is 5.82 Å². The summed E-state index contributed by atoms with van der Waals surface area (Å²) in [5, 5.41) is 0. The minimum Gasteiger partial charge on any atom is -0.382 e. The lowest BCUT2D eigenvalue weighted by molar-refractivity contribution is 0.834. The van der Waals surface area contributed by atoms with Gasteiger partial charge in [-0.05, 0) is 6.42 Å². The van der Waals surface area contributed by atoms with Gasteiger partial charge in [0.1, 0.15) is 11.6 Å². The Kier molecular flexibility index (Phi) is 2.85. The van der Waals surface area contributed by atoms with Crippen LogP contribution < -0.4 is 10.6 Å². The van der Waals surface area contributed by atoms with Crippen molar-refractivity contribution >= 4 is 11.6 Å². The van der Waals surface area contributed by atoms with Crippen LogP contribution in [0.3, 0.4) is 0 Å². The third-order valence-electron chi connectivity index (χ3n) is 1.61. The van der Waals surface area contributed by atoms with Crippen molar-refractivity contribution in [1.82, 2.24) is 9.97 Å². The molecule has 0 aliphatic heterocycles. The molecule has 1 rings (SSSR count). The predicted molar refractivity (Wildman–Crippen MR) is 50.0 cm³/mol. The highest BCUT2D eigenvalue weighted by Gasteiger charge is 1.99. The van der Waals surface area contributed by atoms with Gasteiger partial charge in [-0.15, -0.1) is 0 Å². The lowest BCUT2D eigenvalue weighted by atomic mass is 10.4. The van der Waals surface area contributed by atoms with Crippen LogP contribution >= 0.6 is 0 Å². The number of hydrogen-bond acceptors (Lipinski definition) is 4. The molecule has 4 heteroatoms. The number of nitrogen functional groups attached to an aromatic ring is 1. The van der Waals surface area contributed by atoms with E-state index in [9.17, 15) is 0 Å². The van der Waals surface area contributed by atoms with Gasteiger partial charge in [-0.2, -0.15) is 0 Å². The van der Waals surface area contributed by atoms with Crippen molar-refractivity contribution in [2.75, 3.05) is 24.2 Å². The number of nitrogens with zero attached hydrogens (tertiary/aromatic N) is 3. The molecule has 0 aromatic carbocycles. The topological polar surface area (TPSA) is 55.0 Å². The Balaban J connectivity index is 2.68. The van der Waals surface area contributed by atoms with Crippen LogP contribution in [0.1, 0.15) is 13.3 Å². The minimum atomic E-state index is 0.462. The maximum atomic E-state index is 5.41. The number of aromatic nitrogens is 2. The van der Waals surface area contributed by atoms with E-state index < -0.39 is 0 Å². The molecule has 4 nitrogen and oxygen atoms in total. The van der Waals surface area contributed by atoms with Gasteiger partial charge in [0.15, 0.2) is 0 Å². The zero-order valence-corrected chi connectivity index (χ0v) is 7.49. The molecule has 0 radical (unpaired) electrons. The predicted octanol–water partition coefficient (Wildman–Crippen LogP) is 0.905. The lowest BCUT2D eigenvalue weighted by Gasteiger charge is -2.15. The first-order valence-electron chi connectivity index (χ1n) is 4.02. The van der Waals surface area contributed by atoms with E-state index in [1.807, 2.05) is 11.9 Å². The fraction of sp³-hybridized carbons (Fsp3) is 0.500. The molecule has 0 fully saturated rings. The molecule has 1 heterocycles. The van der Waals surface area contributed by atoms with Crippen molar-refractivity contribution in [3.63, 3.8) is 0 Å². The van der Waals surface area contributed by atoms with Crippen LogP contribution in [0.4, 0.5) is 11.6 Å². The molecule has 0 saturated heterocycles. The fourth-order valence-electron chi connectivity index (χ4n) is 0.978. The van der Waals surface area contributed by atoms with Gasteiger partial charge in [0.25, 0.3) is 0 Å². The second kappa shape index (κ2) is 3.90. The number of nitrogens with two attached hydrogens (primary N) is 1. The zero-order valence-electron chi connectivity index (χ0n) is 7.49. The van der Waals surface area contributed by atoms with Gasteiger partial charge in [0, 0.05) is 13.6 Å². The molecule has 0 atom stereocenters. The summed E-state index contributed by atoms with van der Waals surface area (Å²) < 4.78 is 0. The quantitative estimate of drug-likeness (QED) is 0.725. The molecule has 0 saturated carbocycles. The van der Waals surface area contributed by atoms with E-state index in [0.717, 1.165) is 18.8 Å². The molecular formula is C8H14N4. The molecule has 0 spiro atoms. The Hall–Kier alpha value is -1.32. The molecular weight excluding hydrogens is 152 g/mol. The number of rotatable bonds is 3. The Labute approximate surface area is 72.4 Å². The van der Waals surface area contributed by atoms with Crippen molar-refractivity contribution in [2.24, 2.45) is 0 Å². The van der Waals surface area contributed by atoms with Gasteiger partial charge < -0.3 is 10.6 Å². The van der Waals surface area contributed by atoms with E-state index in [1.54, 1.807) is 12.4 Å². The minimum absolute atomic E-state index is 0.462. The van der Waals surface area contributed by atoms with Crippen LogP contribution in [0.25, 0.3) is 0 Å². The lowest BCUT2D eigenvalue weighted by Crippen LogP contribution is -2.19. The first-order chi connectivity index (χ1) is 5.74. The van der Waals surface area contributed by atoms with Gasteiger partial charge in [0.05, 0.1) is 12.4 Å². The highest BCUT2D eigenvalue weighted by atomic mass is 15.2. The molecule has 66 valence electrons. The number of anilines is 2. The average molecular weight is 166 g/mol. The van der Waals surface area contributed by atoms with Crippen molar-refractivity contribution in [1.29, 1.82) is 0 Å². The summed E-state index contributed by atoms with van der Waals surface area (Å²) in [6, 6.07) is 0. The van der Waals surface area contributed by atoms with E-state index in [1.165, 1.54) is 0 Å². The van der Waals surface area contributed by atoms with E-state index >= 15 is 0 Å². The smallest absolute Gasteiger partial charge is 0.146 e. The third-order valence-corrected chi connectivity index (χ3v) is 1.61. The Morgan fingerprint density at radius 2 is 2.17 bits per heavy atom. The molecule has 12 heavy (non-hydrogen) atoms. The van der Waals surface area contributed by atoms with Crippen LogP contribution in [-0.4, -0.2) is 23.6 Å². The molecule has 1 aromatic heterocycles. The summed E-state index contributed by atoms with van der Waals surface area (Å²) in [4.78, 5) is 10.1. The Morgan fingerprint density at radius 1 is 1.42 bits per heavy atom. The van der Waals surface area contributed by atoms with Crippen LogP contribution in [0.2, 0.25) is 0 Å². The first-order valence-corrected chi connectivity index (χ1v) is 4.02. The summed E-state index contributed by atoms with van der Waals surface area (Å²) in [6.45, 7) is 3.11. The van der Waals surface area contributed by atoms with Crippen LogP contribution in [-0.2, 0) is 0 Å². The van der Waals surface area contributed by atoms with Crippen LogP contribution in [0.15, 0.2) is 12.4 Å². The normalized spacial score (nSPS) is 9.83.